The molecule has 1 aromatic carbocycles. The number of aryl methyl sites for hydroxylation is 2. The third-order valence-electron chi connectivity index (χ3n) is 1.94. The van der Waals surface area contributed by atoms with E-state index in [0.29, 0.717) is 17.4 Å². The Kier molecular flexibility index (Phi) is 3.17. The lowest BCUT2D eigenvalue weighted by molar-refractivity contribution is -0.0505. The summed E-state index contributed by atoms with van der Waals surface area (Å²) in [5.74, 6) is -0.0324. The fraction of sp³-hybridized carbons (Fsp3) is 0.300. The molecule has 4 heteroatoms. The number of halogens is 2. The Morgan fingerprint density at radius 1 is 1.29 bits per heavy atom. The lowest BCUT2D eigenvalue weighted by atomic mass is 10.1. The van der Waals surface area contributed by atoms with E-state index in [4.69, 9.17) is 0 Å². The number of carbonyl (C=O) groups is 1. The maximum absolute atomic E-state index is 12.0. The first-order valence-electron chi connectivity index (χ1n) is 4.06. The molecule has 0 aromatic heterocycles. The SMILES string of the molecule is Cc1ccc(C)c(OC(F)F)c1C=O. The summed E-state index contributed by atoms with van der Waals surface area (Å²) in [5, 5.41) is 0. The molecule has 0 amide bonds. The molecule has 0 spiro atoms. The van der Waals surface area contributed by atoms with Crippen LogP contribution >= 0.6 is 0 Å². The van der Waals surface area contributed by atoms with Gasteiger partial charge < -0.3 is 4.74 Å². The smallest absolute Gasteiger partial charge is 0.387 e. The van der Waals surface area contributed by atoms with Crippen molar-refractivity contribution in [2.75, 3.05) is 0 Å². The van der Waals surface area contributed by atoms with Crippen molar-refractivity contribution in [1.29, 1.82) is 0 Å². The molecule has 0 aliphatic carbocycles. The maximum Gasteiger partial charge on any atom is 0.387 e. The molecule has 14 heavy (non-hydrogen) atoms. The second-order valence-corrected chi connectivity index (χ2v) is 2.94. The van der Waals surface area contributed by atoms with Crippen LogP contribution in [0.15, 0.2) is 12.1 Å². The fourth-order valence-electron chi connectivity index (χ4n) is 1.20. The number of rotatable bonds is 3. The molecule has 2 nitrogen and oxygen atoms in total. The third-order valence-corrected chi connectivity index (χ3v) is 1.94. The van der Waals surface area contributed by atoms with E-state index in [1.54, 1.807) is 26.0 Å². The van der Waals surface area contributed by atoms with Crippen LogP contribution in [0.1, 0.15) is 21.5 Å². The van der Waals surface area contributed by atoms with Crippen LogP contribution in [0.3, 0.4) is 0 Å². The van der Waals surface area contributed by atoms with Gasteiger partial charge in [-0.15, -0.1) is 0 Å². The van der Waals surface area contributed by atoms with Crippen molar-refractivity contribution in [2.45, 2.75) is 20.5 Å². The summed E-state index contributed by atoms with van der Waals surface area (Å²) in [5.41, 5.74) is 1.34. The molecular formula is C10H10F2O2. The number of ether oxygens (including phenoxy) is 1. The first-order chi connectivity index (χ1) is 6.56. The van der Waals surface area contributed by atoms with Crippen LogP contribution in [-0.2, 0) is 0 Å². The summed E-state index contributed by atoms with van der Waals surface area (Å²) in [4.78, 5) is 10.7. The van der Waals surface area contributed by atoms with E-state index in [1.165, 1.54) is 0 Å². The molecule has 0 bridgehead atoms. The van der Waals surface area contributed by atoms with Gasteiger partial charge in [-0.25, -0.2) is 0 Å². The number of alkyl halides is 2. The number of aldehydes is 1. The molecule has 0 aliphatic heterocycles. The quantitative estimate of drug-likeness (QED) is 0.701. The second kappa shape index (κ2) is 4.17. The van der Waals surface area contributed by atoms with Gasteiger partial charge >= 0.3 is 6.61 Å². The van der Waals surface area contributed by atoms with Crippen LogP contribution < -0.4 is 4.74 Å². The highest BCUT2D eigenvalue weighted by atomic mass is 19.3. The minimum atomic E-state index is -2.91. The predicted molar refractivity (Wildman–Crippen MR) is 47.9 cm³/mol. The van der Waals surface area contributed by atoms with Gasteiger partial charge in [-0.3, -0.25) is 4.79 Å². The molecule has 0 aliphatic rings. The third kappa shape index (κ3) is 2.07. The van der Waals surface area contributed by atoms with Crippen LogP contribution in [0.25, 0.3) is 0 Å². The Labute approximate surface area is 80.5 Å². The number of carbonyl (C=O) groups excluding carboxylic acids is 1. The molecule has 0 saturated heterocycles. The van der Waals surface area contributed by atoms with Crippen LogP contribution in [0.5, 0.6) is 5.75 Å². The molecule has 0 heterocycles. The molecule has 0 fully saturated rings. The summed E-state index contributed by atoms with van der Waals surface area (Å²) < 4.78 is 28.3. The summed E-state index contributed by atoms with van der Waals surface area (Å²) in [6, 6.07) is 3.33. The van der Waals surface area contributed by atoms with E-state index in [-0.39, 0.29) is 11.3 Å². The van der Waals surface area contributed by atoms with Gasteiger partial charge in [-0.1, -0.05) is 12.1 Å². The summed E-state index contributed by atoms with van der Waals surface area (Å²) in [6.07, 6.45) is 0.528. The van der Waals surface area contributed by atoms with Crippen molar-refractivity contribution in [3.63, 3.8) is 0 Å². The highest BCUT2D eigenvalue weighted by Crippen LogP contribution is 2.26. The minimum absolute atomic E-state index is 0.0324. The summed E-state index contributed by atoms with van der Waals surface area (Å²) >= 11 is 0. The Hall–Kier alpha value is -1.45. The molecule has 0 atom stereocenters. The van der Waals surface area contributed by atoms with Crippen LogP contribution in [0.2, 0.25) is 0 Å². The van der Waals surface area contributed by atoms with Gasteiger partial charge in [0.05, 0.1) is 5.56 Å². The number of hydrogen-bond donors (Lipinski definition) is 0. The van der Waals surface area contributed by atoms with E-state index in [9.17, 15) is 13.6 Å². The van der Waals surface area contributed by atoms with E-state index in [1.807, 2.05) is 0 Å². The lowest BCUT2D eigenvalue weighted by Crippen LogP contribution is -2.06. The molecule has 76 valence electrons. The Morgan fingerprint density at radius 3 is 2.36 bits per heavy atom. The monoisotopic (exact) mass is 200 g/mol. The molecule has 1 aromatic rings. The molecule has 1 rings (SSSR count). The van der Waals surface area contributed by atoms with Gasteiger partial charge in [0, 0.05) is 0 Å². The van der Waals surface area contributed by atoms with E-state index in [2.05, 4.69) is 4.74 Å². The van der Waals surface area contributed by atoms with Crippen LogP contribution in [-0.4, -0.2) is 12.9 Å². The fourth-order valence-corrected chi connectivity index (χ4v) is 1.20. The van der Waals surface area contributed by atoms with E-state index in [0.717, 1.165) is 0 Å². The van der Waals surface area contributed by atoms with E-state index >= 15 is 0 Å². The van der Waals surface area contributed by atoms with Gasteiger partial charge in [-0.2, -0.15) is 8.78 Å². The first kappa shape index (κ1) is 10.6. The predicted octanol–water partition coefficient (Wildman–Crippen LogP) is 2.72. The molecule has 0 radical (unpaired) electrons. The van der Waals surface area contributed by atoms with Gasteiger partial charge in [0.1, 0.15) is 5.75 Å². The Morgan fingerprint density at radius 2 is 1.86 bits per heavy atom. The number of benzene rings is 1. The average Bonchev–Trinajstić information content (AvgIpc) is 2.11. The van der Waals surface area contributed by atoms with Crippen molar-refractivity contribution in [1.82, 2.24) is 0 Å². The van der Waals surface area contributed by atoms with Crippen LogP contribution in [0, 0.1) is 13.8 Å². The van der Waals surface area contributed by atoms with Gasteiger partial charge in [-0.05, 0) is 25.0 Å². The first-order valence-corrected chi connectivity index (χ1v) is 4.06. The lowest BCUT2D eigenvalue weighted by Gasteiger charge is -2.11. The minimum Gasteiger partial charge on any atom is -0.434 e. The average molecular weight is 200 g/mol. The molecular weight excluding hydrogens is 190 g/mol. The summed E-state index contributed by atoms with van der Waals surface area (Å²) in [6.45, 7) is 0.375. The largest absolute Gasteiger partial charge is 0.434 e. The molecule has 0 unspecified atom stereocenters. The van der Waals surface area contributed by atoms with Crippen molar-refractivity contribution in [2.24, 2.45) is 0 Å². The molecule has 0 saturated carbocycles. The van der Waals surface area contributed by atoms with Crippen molar-refractivity contribution >= 4 is 6.29 Å². The van der Waals surface area contributed by atoms with Crippen molar-refractivity contribution < 1.29 is 18.3 Å². The highest BCUT2D eigenvalue weighted by molar-refractivity contribution is 5.82. The highest BCUT2D eigenvalue weighted by Gasteiger charge is 2.13. The zero-order valence-electron chi connectivity index (χ0n) is 7.88. The van der Waals surface area contributed by atoms with Crippen LogP contribution in [0.4, 0.5) is 8.78 Å². The maximum atomic E-state index is 12.0. The molecule has 0 N–H and O–H groups in total. The Bertz CT molecular complexity index is 348. The van der Waals surface area contributed by atoms with Crippen molar-refractivity contribution in [3.05, 3.63) is 28.8 Å². The van der Waals surface area contributed by atoms with Crippen molar-refractivity contribution in [3.8, 4) is 5.75 Å². The van der Waals surface area contributed by atoms with Gasteiger partial charge in [0.15, 0.2) is 6.29 Å². The Balaban J connectivity index is 3.22. The normalized spacial score (nSPS) is 10.4. The second-order valence-electron chi connectivity index (χ2n) is 2.94. The standard InChI is InChI=1S/C10H10F2O2/c1-6-3-4-7(2)9(8(6)5-13)14-10(11)12/h3-5,10H,1-2H3. The number of hydrogen-bond acceptors (Lipinski definition) is 2. The van der Waals surface area contributed by atoms with Gasteiger partial charge in [0.25, 0.3) is 0 Å². The van der Waals surface area contributed by atoms with E-state index < -0.39 is 6.61 Å². The van der Waals surface area contributed by atoms with Gasteiger partial charge in [0.2, 0.25) is 0 Å². The zero-order valence-corrected chi connectivity index (χ0v) is 7.88. The zero-order chi connectivity index (χ0) is 10.7. The summed E-state index contributed by atoms with van der Waals surface area (Å²) in [7, 11) is 0. The topological polar surface area (TPSA) is 26.3 Å².